The lowest BCUT2D eigenvalue weighted by atomic mass is 10.1. The number of methoxy groups -OCH3 is 4. The summed E-state index contributed by atoms with van der Waals surface area (Å²) in [5.41, 5.74) is 1.95. The van der Waals surface area contributed by atoms with Crippen LogP contribution in [0.25, 0.3) is 0 Å². The van der Waals surface area contributed by atoms with Crippen molar-refractivity contribution in [3.05, 3.63) is 71.8 Å². The van der Waals surface area contributed by atoms with Gasteiger partial charge in [-0.1, -0.05) is 24.3 Å². The fraction of sp³-hybridized carbons (Fsp3) is 0.333. The number of benzene rings is 3. The Bertz CT molecular complexity index is 1530. The highest BCUT2D eigenvalue weighted by molar-refractivity contribution is 7.92. The third-order valence-electron chi connectivity index (χ3n) is 6.94. The third-order valence-corrected chi connectivity index (χ3v) is 8.70. The first-order valence-electron chi connectivity index (χ1n) is 13.3. The van der Waals surface area contributed by atoms with E-state index in [-0.39, 0.29) is 34.5 Å². The first-order valence-corrected chi connectivity index (χ1v) is 14.7. The van der Waals surface area contributed by atoms with Gasteiger partial charge in [0.2, 0.25) is 11.8 Å². The van der Waals surface area contributed by atoms with Gasteiger partial charge in [-0.25, -0.2) is 8.42 Å². The second-order valence-electron chi connectivity index (χ2n) is 9.58. The number of hydrogen-bond acceptors (Lipinski definition) is 8. The standard InChI is InChI=1S/C30H35N3O8S/c1-38-23-11-13-26(39-2)25(16-23)33(42(36,37)24-12-14-27(40-3)28(17-24)41-4)20-29(34)31-18-21-7-9-22(10-8-21)19-32-15-5-6-30(32)35/h7-14,16-17H,5-6,15,18-20H2,1-4H3,(H,31,34). The van der Waals surface area contributed by atoms with Gasteiger partial charge in [0.25, 0.3) is 10.0 Å². The topological polar surface area (TPSA) is 124 Å². The zero-order valence-electron chi connectivity index (χ0n) is 24.1. The number of sulfonamides is 1. The van der Waals surface area contributed by atoms with Gasteiger partial charge in [0.1, 0.15) is 18.0 Å². The Morgan fingerprint density at radius 3 is 2.14 bits per heavy atom. The minimum atomic E-state index is -4.30. The van der Waals surface area contributed by atoms with Crippen LogP contribution in [-0.4, -0.2) is 66.7 Å². The predicted octanol–water partition coefficient (Wildman–Crippen LogP) is 3.36. The largest absolute Gasteiger partial charge is 0.497 e. The van der Waals surface area contributed by atoms with Gasteiger partial charge in [0.15, 0.2) is 11.5 Å². The van der Waals surface area contributed by atoms with Crippen molar-refractivity contribution in [1.82, 2.24) is 10.2 Å². The molecule has 1 saturated heterocycles. The van der Waals surface area contributed by atoms with E-state index in [1.807, 2.05) is 29.2 Å². The van der Waals surface area contributed by atoms with Crippen LogP contribution in [0.2, 0.25) is 0 Å². The van der Waals surface area contributed by atoms with Gasteiger partial charge < -0.3 is 29.2 Å². The molecule has 11 nitrogen and oxygen atoms in total. The van der Waals surface area contributed by atoms with Crippen LogP contribution in [0.1, 0.15) is 24.0 Å². The Balaban J connectivity index is 1.57. The predicted molar refractivity (Wildman–Crippen MR) is 157 cm³/mol. The first kappa shape index (κ1) is 30.5. The van der Waals surface area contributed by atoms with Crippen LogP contribution >= 0.6 is 0 Å². The molecule has 4 rings (SSSR count). The number of rotatable bonds is 13. The summed E-state index contributed by atoms with van der Waals surface area (Å²) in [5, 5.41) is 2.80. The van der Waals surface area contributed by atoms with E-state index in [0.29, 0.717) is 24.5 Å². The SMILES string of the molecule is COc1ccc(OC)c(N(CC(=O)NCc2ccc(CN3CCCC3=O)cc2)S(=O)(=O)c2ccc(OC)c(OC)c2)c1. The molecule has 0 unspecified atom stereocenters. The van der Waals surface area contributed by atoms with Crippen LogP contribution < -0.4 is 28.6 Å². The lowest BCUT2D eigenvalue weighted by Gasteiger charge is -2.26. The molecule has 0 bridgehead atoms. The van der Waals surface area contributed by atoms with Gasteiger partial charge in [0.05, 0.1) is 39.0 Å². The zero-order valence-corrected chi connectivity index (χ0v) is 24.9. The van der Waals surface area contributed by atoms with Crippen LogP contribution in [0.15, 0.2) is 65.6 Å². The number of carbonyl (C=O) groups excluding carboxylic acids is 2. The van der Waals surface area contributed by atoms with E-state index in [9.17, 15) is 18.0 Å². The number of amides is 2. The monoisotopic (exact) mass is 597 g/mol. The average molecular weight is 598 g/mol. The van der Waals surface area contributed by atoms with Gasteiger partial charge in [-0.05, 0) is 41.8 Å². The Kier molecular flexibility index (Phi) is 9.79. The molecule has 1 fully saturated rings. The Morgan fingerprint density at radius 2 is 1.52 bits per heavy atom. The maximum Gasteiger partial charge on any atom is 0.265 e. The fourth-order valence-electron chi connectivity index (χ4n) is 4.64. The summed E-state index contributed by atoms with van der Waals surface area (Å²) in [4.78, 5) is 26.9. The molecule has 42 heavy (non-hydrogen) atoms. The summed E-state index contributed by atoms with van der Waals surface area (Å²) in [6.07, 6.45) is 1.47. The second kappa shape index (κ2) is 13.5. The Morgan fingerprint density at radius 1 is 0.857 bits per heavy atom. The average Bonchev–Trinajstić information content (AvgIpc) is 3.42. The normalized spacial score (nSPS) is 13.0. The molecule has 1 N–H and O–H groups in total. The molecule has 1 aliphatic heterocycles. The van der Waals surface area contributed by atoms with Crippen LogP contribution in [0.3, 0.4) is 0 Å². The second-order valence-corrected chi connectivity index (χ2v) is 11.4. The highest BCUT2D eigenvalue weighted by Gasteiger charge is 2.31. The molecule has 1 heterocycles. The van der Waals surface area contributed by atoms with Gasteiger partial charge in [-0.3, -0.25) is 13.9 Å². The van der Waals surface area contributed by atoms with Crippen molar-refractivity contribution in [2.75, 3.05) is 45.8 Å². The summed E-state index contributed by atoms with van der Waals surface area (Å²) in [7, 11) is 1.43. The highest BCUT2D eigenvalue weighted by atomic mass is 32.2. The maximum absolute atomic E-state index is 14.0. The van der Waals surface area contributed by atoms with Crippen molar-refractivity contribution >= 4 is 27.5 Å². The van der Waals surface area contributed by atoms with Crippen LogP contribution in [0, 0.1) is 0 Å². The Hall–Kier alpha value is -4.45. The summed E-state index contributed by atoms with van der Waals surface area (Å²) >= 11 is 0. The zero-order chi connectivity index (χ0) is 30.3. The quantitative estimate of drug-likeness (QED) is 0.318. The summed E-state index contributed by atoms with van der Waals surface area (Å²) < 4.78 is 50.3. The van der Waals surface area contributed by atoms with E-state index < -0.39 is 22.5 Å². The number of anilines is 1. The van der Waals surface area contributed by atoms with Gasteiger partial charge >= 0.3 is 0 Å². The van der Waals surface area contributed by atoms with E-state index in [4.69, 9.17) is 18.9 Å². The van der Waals surface area contributed by atoms with E-state index in [1.54, 1.807) is 12.1 Å². The molecule has 0 spiro atoms. The summed E-state index contributed by atoms with van der Waals surface area (Å²) in [6.45, 7) is 0.963. The number of ether oxygens (including phenoxy) is 4. The number of nitrogens with one attached hydrogen (secondary N) is 1. The number of carbonyl (C=O) groups is 2. The van der Waals surface area contributed by atoms with Crippen molar-refractivity contribution in [3.63, 3.8) is 0 Å². The first-order chi connectivity index (χ1) is 20.2. The molecule has 2 amide bonds. The van der Waals surface area contributed by atoms with Gasteiger partial charge in [-0.2, -0.15) is 0 Å². The van der Waals surface area contributed by atoms with E-state index in [0.717, 1.165) is 28.4 Å². The molecule has 0 aromatic heterocycles. The van der Waals surface area contributed by atoms with Crippen molar-refractivity contribution < 1.29 is 37.0 Å². The van der Waals surface area contributed by atoms with Gasteiger partial charge in [-0.15, -0.1) is 0 Å². The van der Waals surface area contributed by atoms with Crippen LogP contribution in [-0.2, 0) is 32.7 Å². The van der Waals surface area contributed by atoms with Gasteiger partial charge in [0, 0.05) is 38.2 Å². The maximum atomic E-state index is 14.0. The molecular formula is C30H35N3O8S. The Labute approximate surface area is 246 Å². The molecule has 0 atom stereocenters. The number of nitrogens with zero attached hydrogens (tertiary/aromatic N) is 2. The summed E-state index contributed by atoms with van der Waals surface area (Å²) in [6, 6.07) is 16.5. The molecule has 0 saturated carbocycles. The van der Waals surface area contributed by atoms with Crippen molar-refractivity contribution in [2.45, 2.75) is 30.8 Å². The number of hydrogen-bond donors (Lipinski definition) is 1. The van der Waals surface area contributed by atoms with E-state index in [2.05, 4.69) is 5.32 Å². The fourth-order valence-corrected chi connectivity index (χ4v) is 6.08. The molecule has 0 aliphatic carbocycles. The lowest BCUT2D eigenvalue weighted by Crippen LogP contribution is -2.41. The third kappa shape index (κ3) is 6.88. The molecule has 3 aromatic rings. The van der Waals surface area contributed by atoms with Crippen molar-refractivity contribution in [2.24, 2.45) is 0 Å². The minimum absolute atomic E-state index is 0.107. The highest BCUT2D eigenvalue weighted by Crippen LogP contribution is 2.37. The molecule has 12 heteroatoms. The molecule has 224 valence electrons. The van der Waals surface area contributed by atoms with Crippen LogP contribution in [0.4, 0.5) is 5.69 Å². The van der Waals surface area contributed by atoms with Crippen molar-refractivity contribution in [3.8, 4) is 23.0 Å². The van der Waals surface area contributed by atoms with E-state index >= 15 is 0 Å². The molecule has 3 aromatic carbocycles. The number of likely N-dealkylation sites (tertiary alicyclic amines) is 1. The lowest BCUT2D eigenvalue weighted by molar-refractivity contribution is -0.128. The minimum Gasteiger partial charge on any atom is -0.497 e. The molecular weight excluding hydrogens is 562 g/mol. The summed E-state index contributed by atoms with van der Waals surface area (Å²) in [5.74, 6) is 0.826. The van der Waals surface area contributed by atoms with E-state index in [1.165, 1.54) is 52.7 Å². The molecule has 1 aliphatic rings. The smallest absolute Gasteiger partial charge is 0.265 e. The van der Waals surface area contributed by atoms with Crippen molar-refractivity contribution in [1.29, 1.82) is 0 Å². The molecule has 0 radical (unpaired) electrons. The van der Waals surface area contributed by atoms with Crippen LogP contribution in [0.5, 0.6) is 23.0 Å².